The van der Waals surface area contributed by atoms with Gasteiger partial charge in [0.25, 0.3) is 0 Å². The van der Waals surface area contributed by atoms with Gasteiger partial charge in [-0.2, -0.15) is 0 Å². The zero-order chi connectivity index (χ0) is 13.8. The van der Waals surface area contributed by atoms with Crippen molar-refractivity contribution in [1.82, 2.24) is 0 Å². The number of ether oxygens (including phenoxy) is 1. The molecule has 19 heavy (non-hydrogen) atoms. The molecule has 98 valence electrons. The molecule has 0 saturated heterocycles. The highest BCUT2D eigenvalue weighted by Crippen LogP contribution is 2.18. The lowest BCUT2D eigenvalue weighted by Crippen LogP contribution is -2.04. The molecule has 0 amide bonds. The van der Waals surface area contributed by atoms with Crippen LogP contribution in [0.5, 0.6) is 0 Å². The van der Waals surface area contributed by atoms with E-state index in [2.05, 4.69) is 6.58 Å². The molecule has 1 N–H and O–H groups in total. The molecule has 0 heterocycles. The highest BCUT2D eigenvalue weighted by atomic mass is 16.5. The lowest BCUT2D eigenvalue weighted by Gasteiger charge is -2.06. The average molecular weight is 256 g/mol. The summed E-state index contributed by atoms with van der Waals surface area (Å²) in [7, 11) is 0. The third kappa shape index (κ3) is 3.20. The van der Waals surface area contributed by atoms with Gasteiger partial charge in [-0.25, -0.2) is 4.79 Å². The van der Waals surface area contributed by atoms with E-state index in [0.717, 1.165) is 21.9 Å². The predicted molar refractivity (Wildman–Crippen MR) is 74.5 cm³/mol. The van der Waals surface area contributed by atoms with Crippen LogP contribution in [-0.2, 0) is 22.7 Å². The van der Waals surface area contributed by atoms with Crippen molar-refractivity contribution < 1.29 is 14.6 Å². The second kappa shape index (κ2) is 5.67. The predicted octanol–water partition coefficient (Wildman–Crippen LogP) is 2.95. The molecule has 0 fully saturated rings. The molecule has 0 aliphatic rings. The molecule has 0 atom stereocenters. The molecule has 0 spiro atoms. The monoisotopic (exact) mass is 256 g/mol. The van der Waals surface area contributed by atoms with Crippen molar-refractivity contribution in [2.24, 2.45) is 0 Å². The number of aliphatic hydroxyl groups excluding tert-OH is 1. The van der Waals surface area contributed by atoms with Crippen molar-refractivity contribution in [3.63, 3.8) is 0 Å². The maximum atomic E-state index is 11.3. The zero-order valence-corrected chi connectivity index (χ0v) is 10.8. The Labute approximate surface area is 112 Å². The molecular weight excluding hydrogens is 240 g/mol. The van der Waals surface area contributed by atoms with Crippen molar-refractivity contribution in [2.75, 3.05) is 0 Å². The first-order valence-corrected chi connectivity index (χ1v) is 6.05. The van der Waals surface area contributed by atoms with E-state index in [1.165, 1.54) is 0 Å². The van der Waals surface area contributed by atoms with E-state index in [-0.39, 0.29) is 19.2 Å². The van der Waals surface area contributed by atoms with Gasteiger partial charge in [-0.1, -0.05) is 30.8 Å². The summed E-state index contributed by atoms with van der Waals surface area (Å²) in [6.07, 6.45) is 0. The fourth-order valence-corrected chi connectivity index (χ4v) is 1.80. The van der Waals surface area contributed by atoms with E-state index >= 15 is 0 Å². The normalized spacial score (nSPS) is 10.4. The number of carbonyl (C=O) groups is 1. The van der Waals surface area contributed by atoms with Gasteiger partial charge in [0.05, 0.1) is 6.61 Å². The van der Waals surface area contributed by atoms with Crippen LogP contribution in [0.2, 0.25) is 0 Å². The van der Waals surface area contributed by atoms with Gasteiger partial charge in [-0.3, -0.25) is 0 Å². The zero-order valence-electron chi connectivity index (χ0n) is 10.8. The van der Waals surface area contributed by atoms with Gasteiger partial charge in [-0.05, 0) is 41.0 Å². The SMILES string of the molecule is C=C(C)C(=O)OCc1ccc2cc(CO)ccc2c1. The third-order valence-corrected chi connectivity index (χ3v) is 2.87. The number of esters is 1. The van der Waals surface area contributed by atoms with Crippen LogP contribution in [0.25, 0.3) is 10.8 Å². The highest BCUT2D eigenvalue weighted by Gasteiger charge is 2.04. The first-order chi connectivity index (χ1) is 9.10. The molecule has 0 radical (unpaired) electrons. The topological polar surface area (TPSA) is 46.5 Å². The Morgan fingerprint density at radius 2 is 1.74 bits per heavy atom. The Balaban J connectivity index is 2.18. The lowest BCUT2D eigenvalue weighted by molar-refractivity contribution is -0.140. The quantitative estimate of drug-likeness (QED) is 0.675. The van der Waals surface area contributed by atoms with Gasteiger partial charge in [0, 0.05) is 5.57 Å². The van der Waals surface area contributed by atoms with Crippen molar-refractivity contribution in [1.29, 1.82) is 0 Å². The van der Waals surface area contributed by atoms with Crippen LogP contribution in [0.1, 0.15) is 18.1 Å². The fourth-order valence-electron chi connectivity index (χ4n) is 1.80. The van der Waals surface area contributed by atoms with Gasteiger partial charge in [0.2, 0.25) is 0 Å². The Morgan fingerprint density at radius 1 is 1.16 bits per heavy atom. The summed E-state index contributed by atoms with van der Waals surface area (Å²) in [5, 5.41) is 11.2. The number of hydrogen-bond acceptors (Lipinski definition) is 3. The Kier molecular flexibility index (Phi) is 3.97. The minimum Gasteiger partial charge on any atom is -0.457 e. The Bertz CT molecular complexity index is 629. The maximum absolute atomic E-state index is 11.3. The third-order valence-electron chi connectivity index (χ3n) is 2.87. The molecule has 0 aliphatic carbocycles. The van der Waals surface area contributed by atoms with Crippen molar-refractivity contribution >= 4 is 16.7 Å². The standard InChI is InChI=1S/C16H16O3/c1-11(2)16(18)19-10-13-4-6-14-7-12(9-17)3-5-15(14)8-13/h3-8,17H,1,9-10H2,2H3. The van der Waals surface area contributed by atoms with Gasteiger partial charge in [0.15, 0.2) is 0 Å². The van der Waals surface area contributed by atoms with Crippen LogP contribution in [0.15, 0.2) is 48.6 Å². The van der Waals surface area contributed by atoms with Crippen LogP contribution < -0.4 is 0 Å². The van der Waals surface area contributed by atoms with E-state index in [4.69, 9.17) is 9.84 Å². The first-order valence-electron chi connectivity index (χ1n) is 6.05. The number of aliphatic hydroxyl groups is 1. The molecular formula is C16H16O3. The first kappa shape index (κ1) is 13.3. The van der Waals surface area contributed by atoms with E-state index in [1.807, 2.05) is 36.4 Å². The largest absolute Gasteiger partial charge is 0.457 e. The molecule has 0 aliphatic heterocycles. The van der Waals surface area contributed by atoms with Crippen molar-refractivity contribution in [2.45, 2.75) is 20.1 Å². The molecule has 0 unspecified atom stereocenters. The minimum absolute atomic E-state index is 0.0356. The van der Waals surface area contributed by atoms with E-state index in [1.54, 1.807) is 6.92 Å². The molecule has 2 aromatic carbocycles. The summed E-state index contributed by atoms with van der Waals surface area (Å²) in [5.74, 6) is -0.379. The second-order valence-electron chi connectivity index (χ2n) is 4.53. The molecule has 2 rings (SSSR count). The number of carbonyl (C=O) groups excluding carboxylic acids is 1. The maximum Gasteiger partial charge on any atom is 0.333 e. The summed E-state index contributed by atoms with van der Waals surface area (Å²) in [5.41, 5.74) is 2.21. The Hall–Kier alpha value is -2.13. The molecule has 0 aromatic heterocycles. The second-order valence-corrected chi connectivity index (χ2v) is 4.53. The molecule has 3 heteroatoms. The highest BCUT2D eigenvalue weighted by molar-refractivity contribution is 5.87. The minimum atomic E-state index is -0.379. The number of fused-ring (bicyclic) bond motifs is 1. The van der Waals surface area contributed by atoms with Gasteiger partial charge in [-0.15, -0.1) is 0 Å². The number of hydrogen-bond donors (Lipinski definition) is 1. The smallest absolute Gasteiger partial charge is 0.333 e. The Morgan fingerprint density at radius 3 is 2.32 bits per heavy atom. The fraction of sp³-hybridized carbons (Fsp3) is 0.188. The molecule has 2 aromatic rings. The summed E-state index contributed by atoms with van der Waals surface area (Å²) in [4.78, 5) is 11.3. The van der Waals surface area contributed by atoms with Crippen molar-refractivity contribution in [3.05, 3.63) is 59.7 Å². The van der Waals surface area contributed by atoms with Gasteiger partial charge >= 0.3 is 5.97 Å². The van der Waals surface area contributed by atoms with Crippen LogP contribution in [0.3, 0.4) is 0 Å². The van der Waals surface area contributed by atoms with E-state index in [9.17, 15) is 4.79 Å². The van der Waals surface area contributed by atoms with Gasteiger partial charge < -0.3 is 9.84 Å². The van der Waals surface area contributed by atoms with E-state index < -0.39 is 0 Å². The van der Waals surface area contributed by atoms with Crippen molar-refractivity contribution in [3.8, 4) is 0 Å². The molecule has 0 bridgehead atoms. The summed E-state index contributed by atoms with van der Waals surface area (Å²) in [6, 6.07) is 11.6. The molecule has 0 saturated carbocycles. The van der Waals surface area contributed by atoms with Gasteiger partial charge in [0.1, 0.15) is 6.61 Å². The van der Waals surface area contributed by atoms with Crippen LogP contribution >= 0.6 is 0 Å². The van der Waals surface area contributed by atoms with Crippen LogP contribution in [0.4, 0.5) is 0 Å². The lowest BCUT2D eigenvalue weighted by atomic mass is 10.0. The summed E-state index contributed by atoms with van der Waals surface area (Å²) in [6.45, 7) is 5.44. The molecule has 3 nitrogen and oxygen atoms in total. The van der Waals surface area contributed by atoms with Crippen LogP contribution in [-0.4, -0.2) is 11.1 Å². The summed E-state index contributed by atoms with van der Waals surface area (Å²) >= 11 is 0. The van der Waals surface area contributed by atoms with E-state index in [0.29, 0.717) is 5.57 Å². The summed E-state index contributed by atoms with van der Waals surface area (Å²) < 4.78 is 5.10. The average Bonchev–Trinajstić information content (AvgIpc) is 2.43. The number of benzene rings is 2. The number of rotatable bonds is 4. The van der Waals surface area contributed by atoms with Crippen LogP contribution in [0, 0.1) is 0 Å².